The van der Waals surface area contributed by atoms with E-state index in [2.05, 4.69) is 11.4 Å². The molecule has 25 heavy (non-hydrogen) atoms. The van der Waals surface area contributed by atoms with Crippen LogP contribution in [0.25, 0.3) is 10.8 Å². The molecule has 1 amide bonds. The van der Waals surface area contributed by atoms with Crippen LogP contribution in [0.3, 0.4) is 0 Å². The molecule has 0 aliphatic heterocycles. The Bertz CT molecular complexity index is 1060. The summed E-state index contributed by atoms with van der Waals surface area (Å²) in [5, 5.41) is 23.0. The average molecular weight is 350 g/mol. The van der Waals surface area contributed by atoms with E-state index in [0.29, 0.717) is 21.3 Å². The molecule has 3 aromatic rings. The van der Waals surface area contributed by atoms with Crippen molar-refractivity contribution in [3.63, 3.8) is 0 Å². The Morgan fingerprint density at radius 1 is 1.12 bits per heavy atom. The van der Waals surface area contributed by atoms with E-state index in [-0.39, 0.29) is 11.1 Å². The highest BCUT2D eigenvalue weighted by molar-refractivity contribution is 7.16. The second kappa shape index (κ2) is 6.38. The Hall–Kier alpha value is -3.17. The van der Waals surface area contributed by atoms with Crippen molar-refractivity contribution in [3.8, 4) is 6.07 Å². The smallest absolute Gasteiger partial charge is 0.336 e. The minimum Gasteiger partial charge on any atom is -0.478 e. The number of rotatable bonds is 3. The molecule has 0 saturated carbocycles. The summed E-state index contributed by atoms with van der Waals surface area (Å²) in [4.78, 5) is 25.3. The van der Waals surface area contributed by atoms with Crippen molar-refractivity contribution < 1.29 is 14.7 Å². The van der Waals surface area contributed by atoms with Gasteiger partial charge in [0.05, 0.1) is 11.1 Å². The van der Waals surface area contributed by atoms with E-state index >= 15 is 0 Å². The fourth-order valence-electron chi connectivity index (χ4n) is 2.73. The number of benzene rings is 2. The van der Waals surface area contributed by atoms with Gasteiger partial charge in [-0.3, -0.25) is 4.79 Å². The van der Waals surface area contributed by atoms with E-state index in [0.717, 1.165) is 10.4 Å². The molecular formula is C19H14N2O3S. The van der Waals surface area contributed by atoms with Gasteiger partial charge in [0, 0.05) is 15.8 Å². The van der Waals surface area contributed by atoms with Gasteiger partial charge in [-0.05, 0) is 36.9 Å². The number of nitriles is 1. The van der Waals surface area contributed by atoms with Crippen molar-refractivity contribution in [1.82, 2.24) is 0 Å². The summed E-state index contributed by atoms with van der Waals surface area (Å²) in [6.07, 6.45) is 0. The molecule has 6 heteroatoms. The van der Waals surface area contributed by atoms with E-state index < -0.39 is 11.9 Å². The Morgan fingerprint density at radius 2 is 1.76 bits per heavy atom. The van der Waals surface area contributed by atoms with Crippen LogP contribution in [0.15, 0.2) is 36.4 Å². The van der Waals surface area contributed by atoms with E-state index in [1.165, 1.54) is 17.4 Å². The largest absolute Gasteiger partial charge is 0.478 e. The van der Waals surface area contributed by atoms with Gasteiger partial charge in [-0.2, -0.15) is 5.26 Å². The quantitative estimate of drug-likeness (QED) is 0.735. The second-order valence-corrected chi connectivity index (χ2v) is 6.79. The van der Waals surface area contributed by atoms with Crippen molar-refractivity contribution in [2.45, 2.75) is 13.8 Å². The molecule has 0 bridgehead atoms. The summed E-state index contributed by atoms with van der Waals surface area (Å²) in [6.45, 7) is 3.72. The summed E-state index contributed by atoms with van der Waals surface area (Å²) in [5.41, 5.74) is 1.62. The summed E-state index contributed by atoms with van der Waals surface area (Å²) in [6, 6.07) is 12.0. The highest BCUT2D eigenvalue weighted by atomic mass is 32.1. The molecule has 0 unspecified atom stereocenters. The third-order valence-corrected chi connectivity index (χ3v) is 5.23. The normalized spacial score (nSPS) is 10.4. The summed E-state index contributed by atoms with van der Waals surface area (Å²) in [5.74, 6) is -1.52. The van der Waals surface area contributed by atoms with Crippen LogP contribution < -0.4 is 5.32 Å². The maximum absolute atomic E-state index is 12.8. The molecule has 0 saturated heterocycles. The number of carboxylic acids is 1. The van der Waals surface area contributed by atoms with Crippen LogP contribution in [0.4, 0.5) is 5.00 Å². The predicted octanol–water partition coefficient (Wildman–Crippen LogP) is 4.34. The number of anilines is 1. The molecule has 0 aliphatic rings. The number of aromatic carboxylic acids is 1. The van der Waals surface area contributed by atoms with Gasteiger partial charge in [0.25, 0.3) is 5.91 Å². The monoisotopic (exact) mass is 350 g/mol. The van der Waals surface area contributed by atoms with Crippen molar-refractivity contribution in [1.29, 1.82) is 5.26 Å². The molecule has 0 spiro atoms. The molecule has 0 fully saturated rings. The molecule has 2 aromatic carbocycles. The molecule has 3 rings (SSSR count). The first-order valence-electron chi connectivity index (χ1n) is 7.50. The number of carboxylic acid groups (broad SMARTS) is 1. The fourth-order valence-corrected chi connectivity index (χ4v) is 3.73. The van der Waals surface area contributed by atoms with Crippen molar-refractivity contribution in [2.24, 2.45) is 0 Å². The van der Waals surface area contributed by atoms with E-state index in [1.807, 2.05) is 13.8 Å². The summed E-state index contributed by atoms with van der Waals surface area (Å²) < 4.78 is 0. The zero-order chi connectivity index (χ0) is 18.1. The lowest BCUT2D eigenvalue weighted by molar-refractivity contribution is 0.0699. The number of nitrogens with one attached hydrogen (secondary N) is 1. The SMILES string of the molecule is Cc1sc(NC(=O)c2cccc3cccc(C(=O)O)c23)c(C#N)c1C. The lowest BCUT2D eigenvalue weighted by Crippen LogP contribution is -2.13. The van der Waals surface area contributed by atoms with Crippen molar-refractivity contribution in [2.75, 3.05) is 5.32 Å². The first-order chi connectivity index (χ1) is 11.9. The number of thiophene rings is 1. The first-order valence-corrected chi connectivity index (χ1v) is 8.32. The van der Waals surface area contributed by atoms with Crippen LogP contribution in [-0.2, 0) is 0 Å². The van der Waals surface area contributed by atoms with E-state index in [4.69, 9.17) is 0 Å². The zero-order valence-corrected chi connectivity index (χ0v) is 14.4. The molecule has 1 aromatic heterocycles. The lowest BCUT2D eigenvalue weighted by atomic mass is 9.98. The molecule has 2 N–H and O–H groups in total. The molecule has 0 aliphatic carbocycles. The lowest BCUT2D eigenvalue weighted by Gasteiger charge is -2.09. The third kappa shape index (κ3) is 2.86. The van der Waals surface area contributed by atoms with Crippen molar-refractivity contribution in [3.05, 3.63) is 63.5 Å². The number of hydrogen-bond donors (Lipinski definition) is 2. The van der Waals surface area contributed by atoms with E-state index in [1.54, 1.807) is 30.3 Å². The average Bonchev–Trinajstić information content (AvgIpc) is 2.86. The van der Waals surface area contributed by atoms with Gasteiger partial charge >= 0.3 is 5.97 Å². The maximum atomic E-state index is 12.8. The molecular weight excluding hydrogens is 336 g/mol. The fraction of sp³-hybridized carbons (Fsp3) is 0.105. The number of hydrogen-bond acceptors (Lipinski definition) is 4. The second-order valence-electron chi connectivity index (χ2n) is 5.57. The van der Waals surface area contributed by atoms with Crippen LogP contribution in [-0.4, -0.2) is 17.0 Å². The number of fused-ring (bicyclic) bond motifs is 1. The molecule has 124 valence electrons. The third-order valence-electron chi connectivity index (χ3n) is 4.10. The number of carbonyl (C=O) groups excluding carboxylic acids is 1. The number of nitrogens with zero attached hydrogens (tertiary/aromatic N) is 1. The molecule has 0 atom stereocenters. The van der Waals surface area contributed by atoms with Gasteiger partial charge in [0.2, 0.25) is 0 Å². The Balaban J connectivity index is 2.11. The maximum Gasteiger partial charge on any atom is 0.336 e. The molecule has 0 radical (unpaired) electrons. The zero-order valence-electron chi connectivity index (χ0n) is 13.6. The van der Waals surface area contributed by atoms with Gasteiger partial charge in [0.1, 0.15) is 11.1 Å². The number of aryl methyl sites for hydroxylation is 1. The Kier molecular flexibility index (Phi) is 4.26. The standard InChI is InChI=1S/C19H14N2O3S/c1-10-11(2)25-18(15(10)9-20)21-17(22)13-7-3-5-12-6-4-8-14(16(12)13)19(23)24/h3-8H,1-2H3,(H,21,22)(H,23,24). The Morgan fingerprint density at radius 3 is 2.36 bits per heavy atom. The number of carbonyl (C=O) groups is 2. The highest BCUT2D eigenvalue weighted by Gasteiger charge is 2.19. The van der Waals surface area contributed by atoms with Crippen LogP contribution in [0, 0.1) is 25.2 Å². The van der Waals surface area contributed by atoms with Gasteiger partial charge < -0.3 is 10.4 Å². The van der Waals surface area contributed by atoms with Crippen LogP contribution in [0.5, 0.6) is 0 Å². The topological polar surface area (TPSA) is 90.2 Å². The van der Waals surface area contributed by atoms with Gasteiger partial charge in [-0.15, -0.1) is 11.3 Å². The summed E-state index contributed by atoms with van der Waals surface area (Å²) >= 11 is 1.33. The molecule has 1 heterocycles. The number of amides is 1. The van der Waals surface area contributed by atoms with Crippen molar-refractivity contribution >= 4 is 39.0 Å². The van der Waals surface area contributed by atoms with Gasteiger partial charge in [-0.25, -0.2) is 4.79 Å². The first kappa shape index (κ1) is 16.7. The minimum atomic E-state index is -1.09. The summed E-state index contributed by atoms with van der Waals surface area (Å²) in [7, 11) is 0. The highest BCUT2D eigenvalue weighted by Crippen LogP contribution is 2.32. The van der Waals surface area contributed by atoms with Gasteiger partial charge in [0.15, 0.2) is 0 Å². The van der Waals surface area contributed by atoms with Crippen LogP contribution in [0.2, 0.25) is 0 Å². The van der Waals surface area contributed by atoms with Crippen LogP contribution >= 0.6 is 11.3 Å². The Labute approximate surface area is 148 Å². The van der Waals surface area contributed by atoms with E-state index in [9.17, 15) is 20.0 Å². The minimum absolute atomic E-state index is 0.0716. The molecule has 5 nitrogen and oxygen atoms in total. The van der Waals surface area contributed by atoms with Crippen LogP contribution in [0.1, 0.15) is 36.7 Å². The van der Waals surface area contributed by atoms with Gasteiger partial charge in [-0.1, -0.05) is 24.3 Å². The predicted molar refractivity (Wildman–Crippen MR) is 97.4 cm³/mol.